The molecule has 0 bridgehead atoms. The van der Waals surface area contributed by atoms with Crippen molar-refractivity contribution in [2.75, 3.05) is 16.8 Å². The molecule has 13 heteroatoms. The van der Waals surface area contributed by atoms with Crippen LogP contribution >= 0.6 is 0 Å². The van der Waals surface area contributed by atoms with E-state index in [1.54, 1.807) is 6.92 Å². The summed E-state index contributed by atoms with van der Waals surface area (Å²) in [5.74, 6) is -1.27. The number of amides is 2. The Kier molecular flexibility index (Phi) is 5.69. The van der Waals surface area contributed by atoms with E-state index in [1.165, 1.54) is 46.1 Å². The molecule has 1 aromatic heterocycles. The summed E-state index contributed by atoms with van der Waals surface area (Å²) in [6.07, 6.45) is -3.23. The maximum absolute atomic E-state index is 13.2. The summed E-state index contributed by atoms with van der Waals surface area (Å²) >= 11 is 0. The highest BCUT2D eigenvalue weighted by molar-refractivity contribution is 7.89. The third kappa shape index (κ3) is 4.39. The lowest BCUT2D eigenvalue weighted by molar-refractivity contribution is -0.137. The molecule has 0 saturated heterocycles. The summed E-state index contributed by atoms with van der Waals surface area (Å²) in [6, 6.07) is 8.90. The number of carbonyl (C=O) groups excluding carboxylic acids is 2. The number of aromatic nitrogens is 2. The second-order valence-electron chi connectivity index (χ2n) is 7.69. The smallest absolute Gasteiger partial charge is 0.319 e. The van der Waals surface area contributed by atoms with E-state index in [1.807, 2.05) is 0 Å². The number of fused-ring (bicyclic) bond motifs is 1. The number of nitrogens with two attached hydrogens (primary N) is 1. The van der Waals surface area contributed by atoms with Gasteiger partial charge < -0.3 is 10.2 Å². The Morgan fingerprint density at radius 3 is 2.47 bits per heavy atom. The van der Waals surface area contributed by atoms with E-state index >= 15 is 0 Å². The molecular weight excluding hydrogens is 475 g/mol. The van der Waals surface area contributed by atoms with Gasteiger partial charge in [0.2, 0.25) is 10.0 Å². The van der Waals surface area contributed by atoms with Crippen LogP contribution < -0.4 is 15.4 Å². The fraction of sp³-hybridized carbons (Fsp3) is 0.190. The van der Waals surface area contributed by atoms with Gasteiger partial charge in [0.05, 0.1) is 28.4 Å². The first kappa shape index (κ1) is 23.4. The number of carbonyl (C=O) groups is 2. The summed E-state index contributed by atoms with van der Waals surface area (Å²) in [6.45, 7) is 1.92. The molecule has 2 heterocycles. The van der Waals surface area contributed by atoms with Gasteiger partial charge in [-0.25, -0.2) is 13.6 Å². The molecule has 1 aliphatic heterocycles. The van der Waals surface area contributed by atoms with Crippen molar-refractivity contribution in [3.8, 4) is 0 Å². The first-order chi connectivity index (χ1) is 15.9. The first-order valence-electron chi connectivity index (χ1n) is 9.87. The molecule has 3 N–H and O–H groups in total. The molecule has 9 nitrogen and oxygen atoms in total. The van der Waals surface area contributed by atoms with Gasteiger partial charge >= 0.3 is 6.18 Å². The van der Waals surface area contributed by atoms with Crippen molar-refractivity contribution in [2.24, 2.45) is 5.14 Å². The predicted molar refractivity (Wildman–Crippen MR) is 116 cm³/mol. The van der Waals surface area contributed by atoms with Crippen LogP contribution in [0, 0.1) is 0 Å². The highest BCUT2D eigenvalue weighted by atomic mass is 32.2. The molecule has 1 aliphatic rings. The zero-order chi connectivity index (χ0) is 24.8. The summed E-state index contributed by atoms with van der Waals surface area (Å²) < 4.78 is 63.2. The van der Waals surface area contributed by atoms with Crippen molar-refractivity contribution in [3.05, 3.63) is 71.5 Å². The maximum atomic E-state index is 13.2. The molecule has 0 fully saturated rings. The normalized spacial score (nSPS) is 16.3. The highest BCUT2D eigenvalue weighted by Crippen LogP contribution is 2.33. The molecular formula is C21H18F3N5O4S. The van der Waals surface area contributed by atoms with Gasteiger partial charge in [0, 0.05) is 17.8 Å². The number of halogens is 3. The third-order valence-corrected chi connectivity index (χ3v) is 6.20. The van der Waals surface area contributed by atoms with Crippen LogP contribution in [0.5, 0.6) is 0 Å². The van der Waals surface area contributed by atoms with Crippen LogP contribution in [0.25, 0.3) is 0 Å². The number of benzene rings is 2. The molecule has 0 saturated carbocycles. The van der Waals surface area contributed by atoms with Gasteiger partial charge in [0.1, 0.15) is 0 Å². The van der Waals surface area contributed by atoms with Gasteiger partial charge in [-0.1, -0.05) is 6.07 Å². The molecule has 0 unspecified atom stereocenters. The van der Waals surface area contributed by atoms with Crippen molar-refractivity contribution in [2.45, 2.75) is 24.0 Å². The minimum atomic E-state index is -4.51. The molecule has 2 aromatic carbocycles. The summed E-state index contributed by atoms with van der Waals surface area (Å²) in [5, 5.41) is 11.8. The SMILES string of the molecule is C[C@H]1CN(c2ccc(C(F)(F)F)cc2)C(=O)c2c(NC(=O)c3cccc(S(N)(=O)=O)c3)cnn21. The van der Waals surface area contributed by atoms with Crippen LogP contribution in [0.15, 0.2) is 59.6 Å². The minimum absolute atomic E-state index is 0.0117. The number of nitrogens with one attached hydrogen (secondary N) is 1. The second-order valence-corrected chi connectivity index (χ2v) is 9.25. The van der Waals surface area contributed by atoms with Gasteiger partial charge in [-0.15, -0.1) is 0 Å². The van der Waals surface area contributed by atoms with Crippen LogP contribution in [-0.2, 0) is 16.2 Å². The van der Waals surface area contributed by atoms with E-state index < -0.39 is 33.6 Å². The zero-order valence-electron chi connectivity index (χ0n) is 17.6. The van der Waals surface area contributed by atoms with E-state index in [9.17, 15) is 31.2 Å². The van der Waals surface area contributed by atoms with Crippen LogP contribution in [0.3, 0.4) is 0 Å². The van der Waals surface area contributed by atoms with E-state index in [0.717, 1.165) is 18.2 Å². The van der Waals surface area contributed by atoms with Gasteiger partial charge in [0.15, 0.2) is 5.69 Å². The summed E-state index contributed by atoms with van der Waals surface area (Å²) in [7, 11) is -4.03. The van der Waals surface area contributed by atoms with Gasteiger partial charge in [-0.2, -0.15) is 18.3 Å². The minimum Gasteiger partial charge on any atom is -0.319 e. The van der Waals surface area contributed by atoms with Crippen molar-refractivity contribution in [1.29, 1.82) is 0 Å². The van der Waals surface area contributed by atoms with Crippen LogP contribution in [0.2, 0.25) is 0 Å². The van der Waals surface area contributed by atoms with E-state index in [4.69, 9.17) is 5.14 Å². The van der Waals surface area contributed by atoms with Crippen LogP contribution in [0.1, 0.15) is 39.4 Å². The van der Waals surface area contributed by atoms with Crippen molar-refractivity contribution >= 4 is 33.2 Å². The average molecular weight is 493 g/mol. The number of hydrogen-bond donors (Lipinski definition) is 2. The Labute approximate surface area is 192 Å². The molecule has 34 heavy (non-hydrogen) atoms. The third-order valence-electron chi connectivity index (χ3n) is 5.29. The van der Waals surface area contributed by atoms with Crippen molar-refractivity contribution in [3.63, 3.8) is 0 Å². The largest absolute Gasteiger partial charge is 0.416 e. The maximum Gasteiger partial charge on any atom is 0.416 e. The standard InChI is InChI=1S/C21H18F3N5O4S/c1-12-11-28(15-7-5-14(6-8-15)21(22,23)24)20(31)18-17(10-26-29(12)18)27-19(30)13-3-2-4-16(9-13)34(25,32)33/h2-10,12H,11H2,1H3,(H,27,30)(H2,25,32,33)/t12-/m0/s1. The molecule has 178 valence electrons. The fourth-order valence-electron chi connectivity index (χ4n) is 3.62. The van der Waals surface area contributed by atoms with Crippen molar-refractivity contribution in [1.82, 2.24) is 9.78 Å². The number of alkyl halides is 3. The topological polar surface area (TPSA) is 127 Å². The quantitative estimate of drug-likeness (QED) is 0.578. The fourth-order valence-corrected chi connectivity index (χ4v) is 4.17. The Morgan fingerprint density at radius 2 is 1.85 bits per heavy atom. The van der Waals surface area contributed by atoms with Gasteiger partial charge in [-0.05, 0) is 49.4 Å². The van der Waals surface area contributed by atoms with E-state index in [-0.39, 0.29) is 40.1 Å². The van der Waals surface area contributed by atoms with E-state index in [0.29, 0.717) is 0 Å². The zero-order valence-corrected chi connectivity index (χ0v) is 18.4. The lowest BCUT2D eigenvalue weighted by Crippen LogP contribution is -2.43. The second kappa shape index (κ2) is 8.25. The molecule has 0 aliphatic carbocycles. The Hall–Kier alpha value is -3.71. The van der Waals surface area contributed by atoms with Gasteiger partial charge in [0.25, 0.3) is 11.8 Å². The number of sulfonamides is 1. The Morgan fingerprint density at radius 1 is 1.18 bits per heavy atom. The summed E-state index contributed by atoms with van der Waals surface area (Å²) in [4.78, 5) is 27.0. The molecule has 3 aromatic rings. The molecule has 4 rings (SSSR count). The van der Waals surface area contributed by atoms with E-state index in [2.05, 4.69) is 10.4 Å². The molecule has 0 radical (unpaired) electrons. The Balaban J connectivity index is 1.63. The van der Waals surface area contributed by atoms with Crippen LogP contribution in [0.4, 0.5) is 24.5 Å². The Bertz CT molecular complexity index is 1380. The predicted octanol–water partition coefficient (Wildman–Crippen LogP) is 3.02. The first-order valence-corrected chi connectivity index (χ1v) is 11.4. The molecule has 1 atom stereocenters. The number of anilines is 2. The highest BCUT2D eigenvalue weighted by Gasteiger charge is 2.35. The lowest BCUT2D eigenvalue weighted by atomic mass is 10.1. The number of hydrogen-bond acceptors (Lipinski definition) is 5. The number of rotatable bonds is 4. The van der Waals surface area contributed by atoms with Crippen LogP contribution in [-0.4, -0.2) is 36.6 Å². The average Bonchev–Trinajstić information content (AvgIpc) is 3.20. The summed E-state index contributed by atoms with van der Waals surface area (Å²) in [5.41, 5.74) is -0.486. The number of nitrogens with zero attached hydrogens (tertiary/aromatic N) is 3. The molecule has 2 amide bonds. The monoisotopic (exact) mass is 493 g/mol. The lowest BCUT2D eigenvalue weighted by Gasteiger charge is -2.32. The van der Waals surface area contributed by atoms with Crippen molar-refractivity contribution < 1.29 is 31.2 Å². The van der Waals surface area contributed by atoms with Gasteiger partial charge in [-0.3, -0.25) is 14.3 Å². The molecule has 0 spiro atoms. The number of primary sulfonamides is 1.